The van der Waals surface area contributed by atoms with Crippen molar-refractivity contribution in [3.8, 4) is 0 Å². The third-order valence-electron chi connectivity index (χ3n) is 1.27. The Morgan fingerprint density at radius 2 is 1.25 bits per heavy atom. The molecule has 6 N–H and O–H groups in total. The lowest BCUT2D eigenvalue weighted by Crippen LogP contribution is -2.47. The molecule has 0 saturated heterocycles. The molecular formula is C4H8N2O2. The van der Waals surface area contributed by atoms with Gasteiger partial charge >= 0.3 is 0 Å². The van der Waals surface area contributed by atoms with E-state index in [0.717, 1.165) is 0 Å². The van der Waals surface area contributed by atoms with Gasteiger partial charge in [-0.2, -0.15) is 0 Å². The zero-order valence-corrected chi connectivity index (χ0v) is 4.20. The monoisotopic (exact) mass is 116 g/mol. The fourth-order valence-electron chi connectivity index (χ4n) is 0.585. The van der Waals surface area contributed by atoms with Gasteiger partial charge in [-0.25, -0.2) is 0 Å². The van der Waals surface area contributed by atoms with E-state index in [4.69, 9.17) is 21.7 Å². The highest BCUT2D eigenvalue weighted by molar-refractivity contribution is 5.30. The first-order valence-electron chi connectivity index (χ1n) is 2.25. The maximum atomic E-state index is 8.64. The average molecular weight is 116 g/mol. The van der Waals surface area contributed by atoms with E-state index in [1.165, 1.54) is 0 Å². The van der Waals surface area contributed by atoms with Gasteiger partial charge in [0.1, 0.15) is 12.2 Å². The Balaban J connectivity index is 2.74. The van der Waals surface area contributed by atoms with Crippen LogP contribution in [0.2, 0.25) is 0 Å². The van der Waals surface area contributed by atoms with E-state index in [0.29, 0.717) is 0 Å². The zero-order chi connectivity index (χ0) is 6.31. The van der Waals surface area contributed by atoms with Crippen LogP contribution in [0.15, 0.2) is 11.4 Å². The molecule has 1 aliphatic carbocycles. The lowest BCUT2D eigenvalue weighted by molar-refractivity contribution is 0.0348. The van der Waals surface area contributed by atoms with Crippen LogP contribution < -0.4 is 11.5 Å². The van der Waals surface area contributed by atoms with Crippen molar-refractivity contribution in [1.82, 2.24) is 0 Å². The highest BCUT2D eigenvalue weighted by Crippen LogP contribution is 2.19. The summed E-state index contributed by atoms with van der Waals surface area (Å²) in [6.45, 7) is 0. The summed E-state index contributed by atoms with van der Waals surface area (Å²) in [5, 5.41) is 17.3. The Kier molecular flexibility index (Phi) is 0.922. The summed E-state index contributed by atoms with van der Waals surface area (Å²) in [6, 6.07) is 0. The van der Waals surface area contributed by atoms with E-state index < -0.39 is 12.2 Å². The molecule has 0 saturated carbocycles. The third-order valence-corrected chi connectivity index (χ3v) is 1.27. The molecule has 0 radical (unpaired) electrons. The molecule has 4 nitrogen and oxygen atoms in total. The zero-order valence-electron chi connectivity index (χ0n) is 4.20. The van der Waals surface area contributed by atoms with Gasteiger partial charge in [0.2, 0.25) is 0 Å². The number of aliphatic hydroxyl groups is 2. The van der Waals surface area contributed by atoms with E-state index in [9.17, 15) is 0 Å². The predicted octanol–water partition coefficient (Wildman–Crippen LogP) is -2.15. The predicted molar refractivity (Wildman–Crippen MR) is 27.4 cm³/mol. The van der Waals surface area contributed by atoms with Crippen LogP contribution in [0.25, 0.3) is 0 Å². The Morgan fingerprint density at radius 3 is 1.38 bits per heavy atom. The number of aliphatic hydroxyl groups excluding tert-OH is 2. The second kappa shape index (κ2) is 1.37. The van der Waals surface area contributed by atoms with Crippen molar-refractivity contribution in [3.63, 3.8) is 0 Å². The smallest absolute Gasteiger partial charge is 0.126 e. The SMILES string of the molecule is NC1=C(N)C(O)C1O. The summed E-state index contributed by atoms with van der Waals surface area (Å²) in [5.41, 5.74) is 10.6. The molecule has 0 aliphatic heterocycles. The van der Waals surface area contributed by atoms with Gasteiger partial charge in [-0.05, 0) is 0 Å². The first-order chi connectivity index (χ1) is 3.64. The van der Waals surface area contributed by atoms with Gasteiger partial charge in [0.15, 0.2) is 0 Å². The van der Waals surface area contributed by atoms with Crippen LogP contribution in [0.5, 0.6) is 0 Å². The number of hydrogen-bond donors (Lipinski definition) is 4. The van der Waals surface area contributed by atoms with Gasteiger partial charge in [0, 0.05) is 0 Å². The first kappa shape index (κ1) is 5.40. The van der Waals surface area contributed by atoms with Gasteiger partial charge in [-0.1, -0.05) is 0 Å². The third kappa shape index (κ3) is 0.410. The quantitative estimate of drug-likeness (QED) is 0.290. The van der Waals surface area contributed by atoms with Crippen LogP contribution in [0, 0.1) is 0 Å². The van der Waals surface area contributed by atoms with Crippen molar-refractivity contribution in [2.75, 3.05) is 0 Å². The molecule has 0 fully saturated rings. The molecule has 0 spiro atoms. The molecule has 0 aromatic heterocycles. The van der Waals surface area contributed by atoms with Crippen LogP contribution in [0.4, 0.5) is 0 Å². The van der Waals surface area contributed by atoms with Crippen LogP contribution in [-0.4, -0.2) is 22.4 Å². The van der Waals surface area contributed by atoms with Crippen molar-refractivity contribution >= 4 is 0 Å². The lowest BCUT2D eigenvalue weighted by Gasteiger charge is -2.29. The van der Waals surface area contributed by atoms with E-state index >= 15 is 0 Å². The largest absolute Gasteiger partial charge is 0.398 e. The Bertz CT molecular complexity index is 127. The molecular weight excluding hydrogens is 108 g/mol. The molecule has 0 bridgehead atoms. The van der Waals surface area contributed by atoms with Crippen molar-refractivity contribution < 1.29 is 10.2 Å². The average Bonchev–Trinajstić information content (AvgIpc) is 1.83. The molecule has 46 valence electrons. The van der Waals surface area contributed by atoms with Crippen molar-refractivity contribution in [2.45, 2.75) is 12.2 Å². The molecule has 2 atom stereocenters. The molecule has 0 aromatic carbocycles. The number of hydrogen-bond acceptors (Lipinski definition) is 4. The summed E-state index contributed by atoms with van der Waals surface area (Å²) < 4.78 is 0. The van der Waals surface area contributed by atoms with Gasteiger partial charge in [0.25, 0.3) is 0 Å². The maximum Gasteiger partial charge on any atom is 0.126 e. The summed E-state index contributed by atoms with van der Waals surface area (Å²) in [5.74, 6) is 0. The normalized spacial score (nSPS) is 37.2. The number of rotatable bonds is 0. The van der Waals surface area contributed by atoms with Crippen molar-refractivity contribution in [2.24, 2.45) is 11.5 Å². The highest BCUT2D eigenvalue weighted by Gasteiger charge is 2.33. The minimum absolute atomic E-state index is 0.192. The van der Waals surface area contributed by atoms with Gasteiger partial charge in [-0.15, -0.1) is 0 Å². The standard InChI is InChI=1S/C4H8N2O2/c5-1-2(6)4(8)3(1)7/h3-4,7-8H,5-6H2. The molecule has 0 amide bonds. The van der Waals surface area contributed by atoms with Crippen LogP contribution in [-0.2, 0) is 0 Å². The molecule has 1 rings (SSSR count). The molecule has 2 unspecified atom stereocenters. The van der Waals surface area contributed by atoms with Crippen LogP contribution in [0.1, 0.15) is 0 Å². The first-order valence-corrected chi connectivity index (χ1v) is 2.25. The van der Waals surface area contributed by atoms with Crippen LogP contribution >= 0.6 is 0 Å². The topological polar surface area (TPSA) is 92.5 Å². The second-order valence-electron chi connectivity index (χ2n) is 1.80. The van der Waals surface area contributed by atoms with Crippen molar-refractivity contribution in [1.29, 1.82) is 0 Å². The minimum atomic E-state index is -0.935. The van der Waals surface area contributed by atoms with Gasteiger partial charge in [0.05, 0.1) is 11.4 Å². The van der Waals surface area contributed by atoms with E-state index in [-0.39, 0.29) is 11.4 Å². The molecule has 4 heteroatoms. The fourth-order valence-corrected chi connectivity index (χ4v) is 0.585. The summed E-state index contributed by atoms with van der Waals surface area (Å²) in [4.78, 5) is 0. The number of nitrogens with two attached hydrogens (primary N) is 2. The summed E-state index contributed by atoms with van der Waals surface area (Å²) >= 11 is 0. The fraction of sp³-hybridized carbons (Fsp3) is 0.500. The van der Waals surface area contributed by atoms with Gasteiger partial charge in [-0.3, -0.25) is 0 Å². The molecule has 1 aliphatic rings. The van der Waals surface area contributed by atoms with Crippen molar-refractivity contribution in [3.05, 3.63) is 11.4 Å². The van der Waals surface area contributed by atoms with E-state index in [1.54, 1.807) is 0 Å². The van der Waals surface area contributed by atoms with Crippen LogP contribution in [0.3, 0.4) is 0 Å². The Morgan fingerprint density at radius 1 is 1.00 bits per heavy atom. The van der Waals surface area contributed by atoms with E-state index in [1.807, 2.05) is 0 Å². The second-order valence-corrected chi connectivity index (χ2v) is 1.80. The Hall–Kier alpha value is -0.740. The molecule has 0 heterocycles. The summed E-state index contributed by atoms with van der Waals surface area (Å²) in [6.07, 6.45) is -1.87. The molecule has 8 heavy (non-hydrogen) atoms. The summed E-state index contributed by atoms with van der Waals surface area (Å²) in [7, 11) is 0. The van der Waals surface area contributed by atoms with Gasteiger partial charge < -0.3 is 21.7 Å². The Labute approximate surface area is 46.4 Å². The highest BCUT2D eigenvalue weighted by atomic mass is 16.3. The lowest BCUT2D eigenvalue weighted by atomic mass is 9.95. The van der Waals surface area contributed by atoms with E-state index in [2.05, 4.69) is 0 Å². The minimum Gasteiger partial charge on any atom is -0.398 e. The maximum absolute atomic E-state index is 8.64. The molecule has 0 aromatic rings.